The first-order chi connectivity index (χ1) is 15.1. The molecule has 0 saturated heterocycles. The van der Waals surface area contributed by atoms with E-state index in [4.69, 9.17) is 54.0 Å². The third kappa shape index (κ3) is 19.6. The molecule has 12 heteroatoms. The Balaban J connectivity index is 4.85. The van der Waals surface area contributed by atoms with Crippen LogP contribution in [0.25, 0.3) is 0 Å². The van der Waals surface area contributed by atoms with Crippen LogP contribution >= 0.6 is 0 Å². The van der Waals surface area contributed by atoms with Gasteiger partial charge >= 0.3 is 8.80 Å². The van der Waals surface area contributed by atoms with E-state index in [9.17, 15) is 0 Å². The van der Waals surface area contributed by atoms with Gasteiger partial charge in [-0.05, 0) is 24.3 Å². The van der Waals surface area contributed by atoms with Crippen molar-refractivity contribution < 1.29 is 42.8 Å². The van der Waals surface area contributed by atoms with Gasteiger partial charge in [0.25, 0.3) is 0 Å². The quantitative estimate of drug-likeness (QED) is 0.118. The zero-order valence-corrected chi connectivity index (χ0v) is 21.5. The van der Waals surface area contributed by atoms with Crippen LogP contribution in [0.4, 0.5) is 0 Å². The Kier molecular flexibility index (Phi) is 23.9. The molecule has 0 fully saturated rings. The SMILES string of the molecule is CCCCS(=S)CCC[Si](OCCOCCO)(OCCOCCO)OCCOCCO. The van der Waals surface area contributed by atoms with Crippen molar-refractivity contribution in [2.24, 2.45) is 0 Å². The summed E-state index contributed by atoms with van der Waals surface area (Å²) < 4.78 is 34.2. The average molecular weight is 507 g/mol. The molecule has 0 radical (unpaired) electrons. The molecule has 0 spiro atoms. The van der Waals surface area contributed by atoms with E-state index in [1.54, 1.807) is 0 Å². The van der Waals surface area contributed by atoms with Crippen LogP contribution in [0.1, 0.15) is 26.2 Å². The molecule has 1 unspecified atom stereocenters. The minimum absolute atomic E-state index is 0.0428. The molecule has 0 saturated carbocycles. The van der Waals surface area contributed by atoms with Gasteiger partial charge in [-0.2, -0.15) is 0 Å². The smallest absolute Gasteiger partial charge is 0.394 e. The second kappa shape index (κ2) is 23.6. The fraction of sp³-hybridized carbons (Fsp3) is 1.00. The summed E-state index contributed by atoms with van der Waals surface area (Å²) in [7, 11) is -3.10. The van der Waals surface area contributed by atoms with Crippen LogP contribution in [-0.2, 0) is 48.1 Å². The van der Waals surface area contributed by atoms with Gasteiger partial charge in [-0.3, -0.25) is 0 Å². The van der Waals surface area contributed by atoms with Gasteiger partial charge in [0.1, 0.15) is 0 Å². The normalized spacial score (nSPS) is 13.0. The third-order valence-electron chi connectivity index (χ3n) is 3.94. The van der Waals surface area contributed by atoms with Crippen LogP contribution in [-0.4, -0.2) is 115 Å². The summed E-state index contributed by atoms with van der Waals surface area (Å²) in [6, 6.07) is 0.624. The molecule has 9 nitrogen and oxygen atoms in total. The zero-order valence-electron chi connectivity index (χ0n) is 18.8. The Labute approximate surface area is 195 Å². The molecule has 0 rings (SSSR count). The highest BCUT2D eigenvalue weighted by Gasteiger charge is 2.41. The molecular weight excluding hydrogens is 464 g/mol. The highest BCUT2D eigenvalue weighted by Crippen LogP contribution is 2.19. The second-order valence-electron chi connectivity index (χ2n) is 6.54. The molecule has 0 amide bonds. The van der Waals surface area contributed by atoms with E-state index in [1.807, 2.05) is 0 Å². The lowest BCUT2D eigenvalue weighted by atomic mass is 10.4. The first kappa shape index (κ1) is 31.4. The number of aliphatic hydroxyl groups excluding tert-OH is 3. The number of hydrogen-bond acceptors (Lipinski definition) is 10. The fourth-order valence-electron chi connectivity index (χ4n) is 2.47. The van der Waals surface area contributed by atoms with Gasteiger partial charge in [-0.15, -0.1) is 9.45 Å². The van der Waals surface area contributed by atoms with E-state index in [2.05, 4.69) is 6.92 Å². The zero-order chi connectivity index (χ0) is 23.0. The summed E-state index contributed by atoms with van der Waals surface area (Å²) in [5.74, 6) is 1.98. The molecule has 31 heavy (non-hydrogen) atoms. The van der Waals surface area contributed by atoms with Crippen molar-refractivity contribution in [1.82, 2.24) is 0 Å². The summed E-state index contributed by atoms with van der Waals surface area (Å²) >= 11 is 5.59. The van der Waals surface area contributed by atoms with Crippen LogP contribution in [0.2, 0.25) is 6.04 Å². The molecule has 0 bridgehead atoms. The van der Waals surface area contributed by atoms with Crippen LogP contribution in [0.15, 0.2) is 0 Å². The first-order valence-corrected chi connectivity index (χ1v) is 15.4. The highest BCUT2D eigenvalue weighted by atomic mass is 32.8. The molecule has 0 aromatic rings. The molecule has 0 aliphatic rings. The van der Waals surface area contributed by atoms with E-state index in [0.29, 0.717) is 25.9 Å². The minimum atomic E-state index is -3.04. The molecule has 1 atom stereocenters. The van der Waals surface area contributed by atoms with Crippen molar-refractivity contribution in [1.29, 1.82) is 0 Å². The summed E-state index contributed by atoms with van der Waals surface area (Å²) in [5, 5.41) is 26.6. The molecule has 188 valence electrons. The summed E-state index contributed by atoms with van der Waals surface area (Å²) in [5.41, 5.74) is 0. The number of ether oxygens (including phenoxy) is 3. The van der Waals surface area contributed by atoms with Crippen molar-refractivity contribution in [3.8, 4) is 0 Å². The topological polar surface area (TPSA) is 116 Å². The molecule has 0 aliphatic heterocycles. The van der Waals surface area contributed by atoms with E-state index in [1.165, 1.54) is 0 Å². The summed E-state index contributed by atoms with van der Waals surface area (Å²) in [4.78, 5) is 0. The molecule has 3 N–H and O–H groups in total. The summed E-state index contributed by atoms with van der Waals surface area (Å²) in [6.45, 7) is 4.63. The van der Waals surface area contributed by atoms with Gasteiger partial charge in [-0.1, -0.05) is 24.5 Å². The van der Waals surface area contributed by atoms with Gasteiger partial charge < -0.3 is 42.8 Å². The fourth-order valence-corrected chi connectivity index (χ4v) is 7.19. The number of rotatable bonds is 25. The van der Waals surface area contributed by atoms with Gasteiger partial charge in [0.2, 0.25) is 0 Å². The molecule has 0 aromatic heterocycles. The van der Waals surface area contributed by atoms with Gasteiger partial charge in [0.15, 0.2) is 0 Å². The Hall–Kier alpha value is 0.427. The lowest BCUT2D eigenvalue weighted by Gasteiger charge is -2.30. The maximum atomic E-state index is 8.85. The largest absolute Gasteiger partial charge is 0.501 e. The standard InChI is InChI=1S/C19H42O9S2Si/c1-2-3-17-30(29)18-4-19-31(26-14-11-23-8-5-20,27-15-12-24-9-6-21)28-16-13-25-10-7-22/h20-22H,2-19H2,1H3. The van der Waals surface area contributed by atoms with E-state index in [-0.39, 0.29) is 68.9 Å². The molecular formula is C19H42O9S2Si. The van der Waals surface area contributed by atoms with E-state index < -0.39 is 8.80 Å². The van der Waals surface area contributed by atoms with Gasteiger partial charge in [-0.25, -0.2) is 0 Å². The number of aliphatic hydroxyl groups is 3. The van der Waals surface area contributed by atoms with Crippen molar-refractivity contribution in [3.63, 3.8) is 0 Å². The van der Waals surface area contributed by atoms with E-state index in [0.717, 1.165) is 30.8 Å². The number of unbranched alkanes of at least 4 members (excludes halogenated alkanes) is 1. The molecule has 0 aliphatic carbocycles. The van der Waals surface area contributed by atoms with Crippen LogP contribution in [0.3, 0.4) is 0 Å². The van der Waals surface area contributed by atoms with Crippen molar-refractivity contribution in [3.05, 3.63) is 0 Å². The highest BCUT2D eigenvalue weighted by molar-refractivity contribution is 8.28. The monoisotopic (exact) mass is 506 g/mol. The van der Waals surface area contributed by atoms with Crippen LogP contribution < -0.4 is 0 Å². The Bertz CT molecular complexity index is 373. The predicted octanol–water partition coefficient (Wildman–Crippen LogP) is 0.272. The predicted molar refractivity (Wildman–Crippen MR) is 126 cm³/mol. The van der Waals surface area contributed by atoms with Gasteiger partial charge in [0.05, 0.1) is 79.3 Å². The average Bonchev–Trinajstić information content (AvgIpc) is 2.77. The summed E-state index contributed by atoms with van der Waals surface area (Å²) in [6.07, 6.45) is 3.13. The van der Waals surface area contributed by atoms with Crippen molar-refractivity contribution >= 4 is 29.4 Å². The van der Waals surface area contributed by atoms with Crippen molar-refractivity contribution in [2.75, 3.05) is 90.8 Å². The lowest BCUT2D eigenvalue weighted by Crippen LogP contribution is -2.48. The minimum Gasteiger partial charge on any atom is -0.394 e. The number of hydrogen-bond donors (Lipinski definition) is 3. The molecule has 0 aromatic carbocycles. The Morgan fingerprint density at radius 1 is 0.645 bits per heavy atom. The second-order valence-corrected chi connectivity index (χ2v) is 12.4. The van der Waals surface area contributed by atoms with Gasteiger partial charge in [0, 0.05) is 6.04 Å². The van der Waals surface area contributed by atoms with Crippen LogP contribution in [0.5, 0.6) is 0 Å². The molecule has 0 heterocycles. The Morgan fingerprint density at radius 3 is 1.45 bits per heavy atom. The van der Waals surface area contributed by atoms with Crippen LogP contribution in [0, 0.1) is 0 Å². The first-order valence-electron chi connectivity index (χ1n) is 11.0. The lowest BCUT2D eigenvalue weighted by molar-refractivity contribution is -0.00699. The Morgan fingerprint density at radius 2 is 1.06 bits per heavy atom. The van der Waals surface area contributed by atoms with E-state index >= 15 is 0 Å². The van der Waals surface area contributed by atoms with Crippen molar-refractivity contribution in [2.45, 2.75) is 32.2 Å². The maximum Gasteiger partial charge on any atom is 0.501 e. The maximum absolute atomic E-state index is 8.85. The third-order valence-corrected chi connectivity index (χ3v) is 9.32.